The second-order valence-corrected chi connectivity index (χ2v) is 21.7. The van der Waals surface area contributed by atoms with E-state index in [-0.39, 0.29) is 0 Å². The predicted octanol–water partition coefficient (Wildman–Crippen LogP) is 16.0. The Bertz CT molecular complexity index is 707. The summed E-state index contributed by atoms with van der Waals surface area (Å²) >= 11 is 0. The topological polar surface area (TPSA) is 19.4 Å². The first-order chi connectivity index (χ1) is 32.6. The van der Waals surface area contributed by atoms with Gasteiger partial charge in [-0.2, -0.15) is 0 Å². The molecule has 0 radical (unpaired) electrons. The highest BCUT2D eigenvalue weighted by molar-refractivity contribution is 4.74. The van der Waals surface area contributed by atoms with Crippen molar-refractivity contribution in [3.63, 3.8) is 0 Å². The first-order valence-corrected chi connectivity index (χ1v) is 30.9. The minimum atomic E-state index is 1.25. The molecule has 0 aromatic rings. The van der Waals surface area contributed by atoms with Gasteiger partial charge in [0.15, 0.2) is 0 Å². The van der Waals surface area contributed by atoms with Crippen molar-refractivity contribution in [2.24, 2.45) is 0 Å². The Morgan fingerprint density at radius 1 is 0.152 bits per heavy atom. The van der Waals surface area contributed by atoms with E-state index in [1.165, 1.54) is 349 Å². The number of rotatable bonds is 42. The fourth-order valence-electron chi connectivity index (χ4n) is 10.4. The molecular formula is C60H126N6. The van der Waals surface area contributed by atoms with Gasteiger partial charge in [0.25, 0.3) is 0 Å². The Balaban J connectivity index is 3.40. The molecule has 0 aliphatic carbocycles. The molecule has 1 aliphatic heterocycles. The molecule has 1 heterocycles. The van der Waals surface area contributed by atoms with Crippen LogP contribution in [0.1, 0.15) is 273 Å². The lowest BCUT2D eigenvalue weighted by Gasteiger charge is -2.34. The summed E-state index contributed by atoms with van der Waals surface area (Å²) < 4.78 is 0. The standard InChI is InChI=1S/C60H126N6/c1-7-13-19-25-31-37-43-61-49-51-62(44-38-32-26-20-14-8-2)53-55-64(46-40-34-28-22-16-10-4)57-59-66(48-42-36-30-24-18-12-6)60-58-65(47-41-35-29-23-17-11-5)56-54-63(52-50-61)45-39-33-27-21-15-9-3/h7-60H2,1-6H3. The Morgan fingerprint density at radius 2 is 0.258 bits per heavy atom. The maximum atomic E-state index is 2.94. The first-order valence-electron chi connectivity index (χ1n) is 30.9. The molecule has 1 aliphatic rings. The van der Waals surface area contributed by atoms with Gasteiger partial charge < -0.3 is 29.4 Å². The Hall–Kier alpha value is -0.240. The lowest BCUT2D eigenvalue weighted by Crippen LogP contribution is -2.46. The third kappa shape index (κ3) is 41.5. The highest BCUT2D eigenvalue weighted by Crippen LogP contribution is 2.14. The van der Waals surface area contributed by atoms with Crippen molar-refractivity contribution in [3.8, 4) is 0 Å². The van der Waals surface area contributed by atoms with Crippen LogP contribution in [0.5, 0.6) is 0 Å². The summed E-state index contributed by atoms with van der Waals surface area (Å²) in [5, 5.41) is 0. The van der Waals surface area contributed by atoms with E-state index in [0.29, 0.717) is 0 Å². The smallest absolute Gasteiger partial charge is 0.0110 e. The van der Waals surface area contributed by atoms with Crippen LogP contribution in [0.3, 0.4) is 0 Å². The van der Waals surface area contributed by atoms with Crippen molar-refractivity contribution in [1.29, 1.82) is 0 Å². The largest absolute Gasteiger partial charge is 0.301 e. The molecule has 0 N–H and O–H groups in total. The summed E-state index contributed by atoms with van der Waals surface area (Å²) in [6.45, 7) is 37.0. The van der Waals surface area contributed by atoms with Gasteiger partial charge in [-0.1, -0.05) is 234 Å². The summed E-state index contributed by atoms with van der Waals surface area (Å²) in [4.78, 5) is 17.6. The van der Waals surface area contributed by atoms with Crippen LogP contribution < -0.4 is 0 Å². The number of nitrogens with zero attached hydrogens (tertiary/aromatic N) is 6. The molecule has 66 heavy (non-hydrogen) atoms. The fourth-order valence-corrected chi connectivity index (χ4v) is 10.4. The zero-order valence-electron chi connectivity index (χ0n) is 46.9. The van der Waals surface area contributed by atoms with Crippen LogP contribution in [-0.4, -0.2) is 147 Å². The summed E-state index contributed by atoms with van der Waals surface area (Å²) in [6, 6.07) is 0. The van der Waals surface area contributed by atoms with E-state index in [9.17, 15) is 0 Å². The minimum absolute atomic E-state index is 1.25. The van der Waals surface area contributed by atoms with Crippen LogP contribution in [-0.2, 0) is 0 Å². The van der Waals surface area contributed by atoms with Gasteiger partial charge in [-0.3, -0.25) is 0 Å². The summed E-state index contributed by atoms with van der Waals surface area (Å²) in [5.74, 6) is 0. The molecule has 0 aromatic carbocycles. The van der Waals surface area contributed by atoms with E-state index in [0.717, 1.165) is 0 Å². The molecule has 6 nitrogen and oxygen atoms in total. The average Bonchev–Trinajstić information content (AvgIpc) is 3.33. The van der Waals surface area contributed by atoms with Crippen molar-refractivity contribution in [3.05, 3.63) is 0 Å². The first kappa shape index (κ1) is 63.8. The normalized spacial score (nSPS) is 17.2. The molecule has 6 heteroatoms. The van der Waals surface area contributed by atoms with Gasteiger partial charge in [0.2, 0.25) is 0 Å². The quantitative estimate of drug-likeness (QED) is 0.0564. The summed E-state index contributed by atoms with van der Waals surface area (Å²) in [6.07, 6.45) is 50.4. The van der Waals surface area contributed by atoms with Gasteiger partial charge >= 0.3 is 0 Å². The zero-order valence-corrected chi connectivity index (χ0v) is 46.9. The fraction of sp³-hybridized carbons (Fsp3) is 1.00. The zero-order chi connectivity index (χ0) is 47.6. The van der Waals surface area contributed by atoms with Crippen LogP contribution in [0, 0.1) is 0 Å². The molecule has 1 rings (SSSR count). The second kappa shape index (κ2) is 51.1. The molecule has 0 atom stereocenters. The second-order valence-electron chi connectivity index (χ2n) is 21.7. The van der Waals surface area contributed by atoms with Crippen molar-refractivity contribution in [2.75, 3.05) is 118 Å². The van der Waals surface area contributed by atoms with Crippen molar-refractivity contribution >= 4 is 0 Å². The van der Waals surface area contributed by atoms with Crippen LogP contribution in [0.2, 0.25) is 0 Å². The third-order valence-electron chi connectivity index (χ3n) is 15.4. The minimum Gasteiger partial charge on any atom is -0.301 e. The molecule has 0 bridgehead atoms. The van der Waals surface area contributed by atoms with E-state index in [1.54, 1.807) is 0 Å². The lowest BCUT2D eigenvalue weighted by atomic mass is 10.1. The maximum absolute atomic E-state index is 2.94. The van der Waals surface area contributed by atoms with E-state index < -0.39 is 0 Å². The van der Waals surface area contributed by atoms with Gasteiger partial charge in [0.1, 0.15) is 0 Å². The average molecular weight is 932 g/mol. The third-order valence-corrected chi connectivity index (χ3v) is 15.4. The summed E-state index contributed by atoms with van der Waals surface area (Å²) in [5.41, 5.74) is 0. The van der Waals surface area contributed by atoms with E-state index in [1.807, 2.05) is 0 Å². The molecule has 1 saturated heterocycles. The van der Waals surface area contributed by atoms with E-state index in [2.05, 4.69) is 70.9 Å². The molecule has 0 saturated carbocycles. The Kier molecular flexibility index (Phi) is 49.4. The van der Waals surface area contributed by atoms with Crippen LogP contribution in [0.4, 0.5) is 0 Å². The predicted molar refractivity (Wildman–Crippen MR) is 299 cm³/mol. The van der Waals surface area contributed by atoms with Gasteiger partial charge in [-0.25, -0.2) is 0 Å². The van der Waals surface area contributed by atoms with Crippen LogP contribution >= 0.6 is 0 Å². The van der Waals surface area contributed by atoms with Crippen molar-refractivity contribution < 1.29 is 0 Å². The molecule has 396 valence electrons. The van der Waals surface area contributed by atoms with Gasteiger partial charge in [0.05, 0.1) is 0 Å². The van der Waals surface area contributed by atoms with Crippen molar-refractivity contribution in [2.45, 2.75) is 273 Å². The Labute approximate surface area is 418 Å². The molecular weight excluding hydrogens is 805 g/mol. The van der Waals surface area contributed by atoms with Gasteiger partial charge in [-0.15, -0.1) is 0 Å². The number of unbranched alkanes of at least 4 members (excludes halogenated alkanes) is 30. The Morgan fingerprint density at radius 3 is 0.379 bits per heavy atom. The van der Waals surface area contributed by atoms with Crippen LogP contribution in [0.15, 0.2) is 0 Å². The maximum Gasteiger partial charge on any atom is 0.0110 e. The lowest BCUT2D eigenvalue weighted by molar-refractivity contribution is 0.129. The van der Waals surface area contributed by atoms with Gasteiger partial charge in [-0.05, 0) is 77.8 Å². The molecule has 1 fully saturated rings. The summed E-state index contributed by atoms with van der Waals surface area (Å²) in [7, 11) is 0. The highest BCUT2D eigenvalue weighted by Gasteiger charge is 2.18. The molecule has 0 spiro atoms. The van der Waals surface area contributed by atoms with E-state index in [4.69, 9.17) is 0 Å². The van der Waals surface area contributed by atoms with Gasteiger partial charge in [0, 0.05) is 78.5 Å². The van der Waals surface area contributed by atoms with E-state index >= 15 is 0 Å². The SMILES string of the molecule is CCCCCCCCN1CCN(CCCCCCCC)CCN(CCCCCCCC)CCN(CCCCCCCC)CCN(CCCCCCCC)CCN(CCCCCCCC)CC1. The van der Waals surface area contributed by atoms with Crippen molar-refractivity contribution in [1.82, 2.24) is 29.4 Å². The monoisotopic (exact) mass is 931 g/mol. The molecule has 0 unspecified atom stereocenters. The molecule has 0 aromatic heterocycles. The van der Waals surface area contributed by atoms with Crippen LogP contribution in [0.25, 0.3) is 0 Å². The molecule has 0 amide bonds. The highest BCUT2D eigenvalue weighted by atomic mass is 15.3. The number of hydrogen-bond donors (Lipinski definition) is 0. The number of hydrogen-bond acceptors (Lipinski definition) is 6.